The summed E-state index contributed by atoms with van der Waals surface area (Å²) >= 11 is 0. The van der Waals surface area contributed by atoms with Crippen LogP contribution in [0, 0.1) is 0 Å². The molecule has 0 spiro atoms. The van der Waals surface area contributed by atoms with Crippen molar-refractivity contribution in [1.29, 1.82) is 0 Å². The lowest BCUT2D eigenvalue weighted by molar-refractivity contribution is -0.122. The maximum Gasteiger partial charge on any atom is 0.319 e. The van der Waals surface area contributed by atoms with Crippen LogP contribution in [0.1, 0.15) is 12.5 Å². The summed E-state index contributed by atoms with van der Waals surface area (Å²) in [5.41, 5.74) is 1.62. The molecule has 3 amide bonds. The SMILES string of the molecule is CC(NC(=O)Nc1ccccc1)C(=O)NCc1ccncc1. The molecule has 6 heteroatoms. The molecular weight excluding hydrogens is 280 g/mol. The van der Waals surface area contributed by atoms with E-state index in [1.165, 1.54) is 0 Å². The monoisotopic (exact) mass is 298 g/mol. The predicted octanol–water partition coefficient (Wildman–Crippen LogP) is 1.91. The van der Waals surface area contributed by atoms with Crippen LogP contribution in [-0.2, 0) is 11.3 Å². The fourth-order valence-corrected chi connectivity index (χ4v) is 1.79. The highest BCUT2D eigenvalue weighted by Crippen LogP contribution is 2.04. The first-order valence-corrected chi connectivity index (χ1v) is 6.94. The molecule has 3 N–H and O–H groups in total. The van der Waals surface area contributed by atoms with Crippen molar-refractivity contribution in [3.05, 3.63) is 60.4 Å². The van der Waals surface area contributed by atoms with Gasteiger partial charge in [-0.25, -0.2) is 4.79 Å². The van der Waals surface area contributed by atoms with Gasteiger partial charge in [0.15, 0.2) is 0 Å². The standard InChI is InChI=1S/C16H18N4O2/c1-12(15(21)18-11-13-7-9-17-10-8-13)19-16(22)20-14-5-3-2-4-6-14/h2-10,12H,11H2,1H3,(H,18,21)(H2,19,20,22). The van der Waals surface area contributed by atoms with E-state index in [4.69, 9.17) is 0 Å². The van der Waals surface area contributed by atoms with Gasteiger partial charge in [0.25, 0.3) is 0 Å². The fraction of sp³-hybridized carbons (Fsp3) is 0.188. The Morgan fingerprint density at radius 2 is 1.77 bits per heavy atom. The van der Waals surface area contributed by atoms with Crippen LogP contribution in [0.15, 0.2) is 54.9 Å². The number of nitrogens with one attached hydrogen (secondary N) is 3. The third kappa shape index (κ3) is 4.90. The van der Waals surface area contributed by atoms with Crippen molar-refractivity contribution in [1.82, 2.24) is 15.6 Å². The first kappa shape index (κ1) is 15.5. The van der Waals surface area contributed by atoms with E-state index < -0.39 is 12.1 Å². The van der Waals surface area contributed by atoms with Crippen molar-refractivity contribution in [2.75, 3.05) is 5.32 Å². The Bertz CT molecular complexity index is 617. The molecule has 0 aliphatic heterocycles. The van der Waals surface area contributed by atoms with E-state index in [0.29, 0.717) is 12.2 Å². The summed E-state index contributed by atoms with van der Waals surface area (Å²) in [5, 5.41) is 8.01. The molecule has 6 nitrogen and oxygen atoms in total. The number of carbonyl (C=O) groups is 2. The van der Waals surface area contributed by atoms with E-state index in [1.54, 1.807) is 31.5 Å². The average molecular weight is 298 g/mol. The minimum absolute atomic E-state index is 0.250. The number of urea groups is 1. The van der Waals surface area contributed by atoms with Gasteiger partial charge >= 0.3 is 6.03 Å². The van der Waals surface area contributed by atoms with E-state index in [0.717, 1.165) is 5.56 Å². The Hall–Kier alpha value is -2.89. The zero-order chi connectivity index (χ0) is 15.8. The Morgan fingerprint density at radius 3 is 2.45 bits per heavy atom. The van der Waals surface area contributed by atoms with Gasteiger partial charge in [0.1, 0.15) is 6.04 Å². The van der Waals surface area contributed by atoms with Crippen LogP contribution in [-0.4, -0.2) is 23.0 Å². The first-order chi connectivity index (χ1) is 10.6. The average Bonchev–Trinajstić information content (AvgIpc) is 2.54. The van der Waals surface area contributed by atoms with Crippen LogP contribution in [0.25, 0.3) is 0 Å². The van der Waals surface area contributed by atoms with Gasteiger partial charge < -0.3 is 16.0 Å². The Morgan fingerprint density at radius 1 is 1.09 bits per heavy atom. The van der Waals surface area contributed by atoms with Gasteiger partial charge in [-0.3, -0.25) is 9.78 Å². The highest BCUT2D eigenvalue weighted by atomic mass is 16.2. The first-order valence-electron chi connectivity index (χ1n) is 6.94. The molecule has 22 heavy (non-hydrogen) atoms. The fourth-order valence-electron chi connectivity index (χ4n) is 1.79. The number of amides is 3. The molecule has 1 aromatic heterocycles. The van der Waals surface area contributed by atoms with Gasteiger partial charge in [0.05, 0.1) is 0 Å². The molecule has 0 saturated carbocycles. The predicted molar refractivity (Wildman–Crippen MR) is 84.1 cm³/mol. The number of hydrogen-bond donors (Lipinski definition) is 3. The molecule has 1 aromatic carbocycles. The number of nitrogens with zero attached hydrogens (tertiary/aromatic N) is 1. The van der Waals surface area contributed by atoms with Crippen LogP contribution in [0.5, 0.6) is 0 Å². The second-order valence-corrected chi connectivity index (χ2v) is 4.76. The number of anilines is 1. The molecule has 0 saturated heterocycles. The smallest absolute Gasteiger partial charge is 0.319 e. The summed E-state index contributed by atoms with van der Waals surface area (Å²) in [7, 11) is 0. The summed E-state index contributed by atoms with van der Waals surface area (Å²) < 4.78 is 0. The minimum atomic E-state index is -0.634. The molecule has 0 aliphatic carbocycles. The molecule has 114 valence electrons. The molecule has 2 aromatic rings. The van der Waals surface area contributed by atoms with E-state index >= 15 is 0 Å². The van der Waals surface area contributed by atoms with Crippen molar-refractivity contribution < 1.29 is 9.59 Å². The number of rotatable bonds is 5. The Balaban J connectivity index is 1.77. The molecule has 2 rings (SSSR count). The minimum Gasteiger partial charge on any atom is -0.350 e. The van der Waals surface area contributed by atoms with Crippen molar-refractivity contribution in [3.63, 3.8) is 0 Å². The molecule has 0 fully saturated rings. The lowest BCUT2D eigenvalue weighted by atomic mass is 10.2. The topological polar surface area (TPSA) is 83.1 Å². The van der Waals surface area contributed by atoms with Crippen molar-refractivity contribution >= 4 is 17.6 Å². The van der Waals surface area contributed by atoms with Gasteiger partial charge in [-0.2, -0.15) is 0 Å². The van der Waals surface area contributed by atoms with Crippen molar-refractivity contribution in [3.8, 4) is 0 Å². The lowest BCUT2D eigenvalue weighted by Crippen LogP contribution is -2.46. The number of pyridine rings is 1. The van der Waals surface area contributed by atoms with E-state index in [-0.39, 0.29) is 5.91 Å². The molecule has 0 radical (unpaired) electrons. The van der Waals surface area contributed by atoms with Gasteiger partial charge in [0, 0.05) is 24.6 Å². The highest BCUT2D eigenvalue weighted by Gasteiger charge is 2.15. The summed E-state index contributed by atoms with van der Waals surface area (Å²) in [6.07, 6.45) is 3.33. The maximum atomic E-state index is 11.9. The second kappa shape index (κ2) is 7.78. The van der Waals surface area contributed by atoms with Crippen LogP contribution >= 0.6 is 0 Å². The van der Waals surface area contributed by atoms with E-state index in [2.05, 4.69) is 20.9 Å². The largest absolute Gasteiger partial charge is 0.350 e. The van der Waals surface area contributed by atoms with E-state index in [9.17, 15) is 9.59 Å². The van der Waals surface area contributed by atoms with Crippen LogP contribution < -0.4 is 16.0 Å². The number of hydrogen-bond acceptors (Lipinski definition) is 3. The third-order valence-electron chi connectivity index (χ3n) is 2.99. The second-order valence-electron chi connectivity index (χ2n) is 4.76. The quantitative estimate of drug-likeness (QED) is 0.788. The molecule has 1 atom stereocenters. The van der Waals surface area contributed by atoms with Gasteiger partial charge in [-0.15, -0.1) is 0 Å². The zero-order valence-corrected chi connectivity index (χ0v) is 12.2. The van der Waals surface area contributed by atoms with Crippen molar-refractivity contribution in [2.45, 2.75) is 19.5 Å². The highest BCUT2D eigenvalue weighted by molar-refractivity contribution is 5.93. The number of carbonyl (C=O) groups excluding carboxylic acids is 2. The summed E-state index contributed by atoms with van der Waals surface area (Å²) in [6.45, 7) is 2.03. The normalized spacial score (nSPS) is 11.3. The third-order valence-corrected chi connectivity index (χ3v) is 2.99. The molecule has 0 aliphatic rings. The number of para-hydroxylation sites is 1. The molecule has 1 heterocycles. The summed E-state index contributed by atoms with van der Waals surface area (Å²) in [6, 6.07) is 11.6. The molecule has 1 unspecified atom stereocenters. The molecule has 0 bridgehead atoms. The maximum absolute atomic E-state index is 11.9. The van der Waals surface area contributed by atoms with Gasteiger partial charge in [-0.1, -0.05) is 18.2 Å². The van der Waals surface area contributed by atoms with E-state index in [1.807, 2.05) is 30.3 Å². The number of aromatic nitrogens is 1. The van der Waals surface area contributed by atoms with Gasteiger partial charge in [-0.05, 0) is 36.8 Å². The summed E-state index contributed by atoms with van der Waals surface area (Å²) in [5.74, 6) is -0.250. The summed E-state index contributed by atoms with van der Waals surface area (Å²) in [4.78, 5) is 27.6. The van der Waals surface area contributed by atoms with Crippen LogP contribution in [0.4, 0.5) is 10.5 Å². The molecular formula is C16H18N4O2. The Labute approximate surface area is 129 Å². The van der Waals surface area contributed by atoms with Crippen molar-refractivity contribution in [2.24, 2.45) is 0 Å². The van der Waals surface area contributed by atoms with Crippen LogP contribution in [0.2, 0.25) is 0 Å². The van der Waals surface area contributed by atoms with Crippen LogP contribution in [0.3, 0.4) is 0 Å². The zero-order valence-electron chi connectivity index (χ0n) is 12.2. The lowest BCUT2D eigenvalue weighted by Gasteiger charge is -2.14. The number of benzene rings is 1. The Kier molecular flexibility index (Phi) is 5.48. The van der Waals surface area contributed by atoms with Gasteiger partial charge in [0.2, 0.25) is 5.91 Å².